The van der Waals surface area contributed by atoms with Crippen LogP contribution < -0.4 is 5.32 Å². The monoisotopic (exact) mass is 320 g/mol. The van der Waals surface area contributed by atoms with E-state index in [-0.39, 0.29) is 6.04 Å². The second-order valence-electron chi connectivity index (χ2n) is 4.13. The summed E-state index contributed by atoms with van der Waals surface area (Å²) in [5.74, 6) is 0.848. The van der Waals surface area contributed by atoms with Crippen molar-refractivity contribution in [2.24, 2.45) is 0 Å². The SMILES string of the molecule is CCNC(c1occc1Br)c1cnn2ccncc12. The first-order valence-corrected chi connectivity index (χ1v) is 6.84. The van der Waals surface area contributed by atoms with Crippen LogP contribution in [0.25, 0.3) is 5.52 Å². The molecule has 0 amide bonds. The van der Waals surface area contributed by atoms with Crippen molar-refractivity contribution in [2.45, 2.75) is 13.0 Å². The molecule has 1 N–H and O–H groups in total. The summed E-state index contributed by atoms with van der Waals surface area (Å²) in [6, 6.07) is 1.85. The minimum absolute atomic E-state index is 0.0453. The molecule has 0 aliphatic rings. The summed E-state index contributed by atoms with van der Waals surface area (Å²) in [5.41, 5.74) is 2.02. The molecule has 6 heteroatoms. The van der Waals surface area contributed by atoms with Gasteiger partial charge in [-0.25, -0.2) is 4.52 Å². The molecule has 3 heterocycles. The lowest BCUT2D eigenvalue weighted by molar-refractivity contribution is 0.451. The Hall–Kier alpha value is -1.66. The van der Waals surface area contributed by atoms with Gasteiger partial charge in [-0.15, -0.1) is 0 Å². The Morgan fingerprint density at radius 3 is 3.11 bits per heavy atom. The lowest BCUT2D eigenvalue weighted by Gasteiger charge is -2.15. The van der Waals surface area contributed by atoms with E-state index in [0.717, 1.165) is 27.9 Å². The highest BCUT2D eigenvalue weighted by Crippen LogP contribution is 2.31. The van der Waals surface area contributed by atoms with E-state index in [1.54, 1.807) is 12.5 Å². The Morgan fingerprint density at radius 2 is 2.37 bits per heavy atom. The number of hydrogen-bond donors (Lipinski definition) is 1. The van der Waals surface area contributed by atoms with Crippen LogP contribution in [0.3, 0.4) is 0 Å². The van der Waals surface area contributed by atoms with Crippen LogP contribution in [0.4, 0.5) is 0 Å². The van der Waals surface area contributed by atoms with E-state index in [2.05, 4.69) is 38.3 Å². The van der Waals surface area contributed by atoms with Gasteiger partial charge in [-0.1, -0.05) is 6.92 Å². The molecule has 0 saturated heterocycles. The Kier molecular flexibility index (Phi) is 3.35. The number of aromatic nitrogens is 3. The highest BCUT2D eigenvalue weighted by Gasteiger charge is 2.22. The van der Waals surface area contributed by atoms with Crippen LogP contribution in [-0.2, 0) is 0 Å². The second-order valence-corrected chi connectivity index (χ2v) is 4.98. The van der Waals surface area contributed by atoms with Crippen molar-refractivity contribution >= 4 is 21.4 Å². The molecular weight excluding hydrogens is 308 g/mol. The standard InChI is InChI=1S/C13H13BrN4O/c1-2-16-12(13-10(14)3-6-19-13)9-7-17-18-5-4-15-8-11(9)18/h3-8,12,16H,2H2,1H3. The molecule has 0 bridgehead atoms. The van der Waals surface area contributed by atoms with E-state index < -0.39 is 0 Å². The second kappa shape index (κ2) is 5.14. The van der Waals surface area contributed by atoms with Gasteiger partial charge >= 0.3 is 0 Å². The molecule has 0 aliphatic carbocycles. The minimum Gasteiger partial charge on any atom is -0.466 e. The summed E-state index contributed by atoms with van der Waals surface area (Å²) >= 11 is 3.51. The molecule has 0 radical (unpaired) electrons. The van der Waals surface area contributed by atoms with Crippen molar-refractivity contribution in [1.82, 2.24) is 19.9 Å². The number of fused-ring (bicyclic) bond motifs is 1. The number of hydrogen-bond acceptors (Lipinski definition) is 4. The molecule has 98 valence electrons. The van der Waals surface area contributed by atoms with E-state index in [0.29, 0.717) is 0 Å². The van der Waals surface area contributed by atoms with Crippen LogP contribution in [0.5, 0.6) is 0 Å². The third-order valence-electron chi connectivity index (χ3n) is 2.98. The molecule has 1 atom stereocenters. The molecule has 0 saturated carbocycles. The molecule has 3 rings (SSSR count). The fourth-order valence-corrected chi connectivity index (χ4v) is 2.56. The van der Waals surface area contributed by atoms with Gasteiger partial charge in [-0.05, 0) is 28.5 Å². The molecule has 5 nitrogen and oxygen atoms in total. The fraction of sp³-hybridized carbons (Fsp3) is 0.231. The maximum Gasteiger partial charge on any atom is 0.139 e. The summed E-state index contributed by atoms with van der Waals surface area (Å²) < 4.78 is 8.34. The van der Waals surface area contributed by atoms with Crippen LogP contribution in [0.1, 0.15) is 24.3 Å². The molecule has 0 aromatic carbocycles. The van der Waals surface area contributed by atoms with Crippen molar-refractivity contribution < 1.29 is 4.42 Å². The van der Waals surface area contributed by atoms with Crippen molar-refractivity contribution in [2.75, 3.05) is 6.54 Å². The van der Waals surface area contributed by atoms with Crippen molar-refractivity contribution in [1.29, 1.82) is 0 Å². The van der Waals surface area contributed by atoms with Gasteiger partial charge in [0.05, 0.1) is 34.7 Å². The Morgan fingerprint density at radius 1 is 1.47 bits per heavy atom. The smallest absolute Gasteiger partial charge is 0.139 e. The van der Waals surface area contributed by atoms with Gasteiger partial charge in [0.1, 0.15) is 5.76 Å². The molecule has 3 aromatic rings. The van der Waals surface area contributed by atoms with Gasteiger partial charge in [-0.3, -0.25) is 4.98 Å². The van der Waals surface area contributed by atoms with Gasteiger partial charge in [0, 0.05) is 18.0 Å². The maximum atomic E-state index is 5.58. The third kappa shape index (κ3) is 2.17. The molecular formula is C13H13BrN4O. The highest BCUT2D eigenvalue weighted by atomic mass is 79.9. The Labute approximate surface area is 118 Å². The van der Waals surface area contributed by atoms with Gasteiger partial charge in [0.25, 0.3) is 0 Å². The number of nitrogens with zero attached hydrogens (tertiary/aromatic N) is 3. The average Bonchev–Trinajstić information content (AvgIpc) is 3.03. The summed E-state index contributed by atoms with van der Waals surface area (Å²) in [4.78, 5) is 4.16. The Balaban J connectivity index is 2.12. The predicted octanol–water partition coefficient (Wildman–Crippen LogP) is 2.78. The fourth-order valence-electron chi connectivity index (χ4n) is 2.13. The van der Waals surface area contributed by atoms with Crippen LogP contribution in [-0.4, -0.2) is 21.1 Å². The number of halogens is 1. The number of rotatable bonds is 4. The molecule has 3 aromatic heterocycles. The molecule has 0 aliphatic heterocycles. The maximum absolute atomic E-state index is 5.58. The summed E-state index contributed by atoms with van der Waals surface area (Å²) in [6.07, 6.45) is 8.88. The zero-order valence-electron chi connectivity index (χ0n) is 10.4. The highest BCUT2D eigenvalue weighted by molar-refractivity contribution is 9.10. The Bertz CT molecular complexity index is 691. The third-order valence-corrected chi connectivity index (χ3v) is 3.64. The van der Waals surface area contributed by atoms with E-state index in [1.165, 1.54) is 0 Å². The van der Waals surface area contributed by atoms with Gasteiger partial charge < -0.3 is 9.73 Å². The van der Waals surface area contributed by atoms with Crippen LogP contribution >= 0.6 is 15.9 Å². The zero-order valence-corrected chi connectivity index (χ0v) is 12.0. The van der Waals surface area contributed by atoms with Crippen molar-refractivity contribution in [3.8, 4) is 0 Å². The normalized spacial score (nSPS) is 12.9. The average molecular weight is 321 g/mol. The first-order chi connectivity index (χ1) is 9.31. The first kappa shape index (κ1) is 12.4. The summed E-state index contributed by atoms with van der Waals surface area (Å²) in [6.45, 7) is 2.89. The lowest BCUT2D eigenvalue weighted by Crippen LogP contribution is -2.21. The lowest BCUT2D eigenvalue weighted by atomic mass is 10.1. The van der Waals surface area contributed by atoms with Gasteiger partial charge in [0.2, 0.25) is 0 Å². The topological polar surface area (TPSA) is 55.4 Å². The largest absolute Gasteiger partial charge is 0.466 e. The van der Waals surface area contributed by atoms with E-state index in [1.807, 2.05) is 29.2 Å². The van der Waals surface area contributed by atoms with Crippen molar-refractivity contribution in [3.63, 3.8) is 0 Å². The van der Waals surface area contributed by atoms with Gasteiger partial charge in [-0.2, -0.15) is 5.10 Å². The van der Waals surface area contributed by atoms with Crippen LogP contribution in [0.2, 0.25) is 0 Å². The number of furan rings is 1. The zero-order chi connectivity index (χ0) is 13.2. The molecule has 0 fully saturated rings. The van der Waals surface area contributed by atoms with Crippen LogP contribution in [0.15, 0.2) is 46.0 Å². The quantitative estimate of drug-likeness (QED) is 0.803. The van der Waals surface area contributed by atoms with E-state index in [4.69, 9.17) is 4.42 Å². The summed E-state index contributed by atoms with van der Waals surface area (Å²) in [7, 11) is 0. The van der Waals surface area contributed by atoms with E-state index >= 15 is 0 Å². The van der Waals surface area contributed by atoms with E-state index in [9.17, 15) is 0 Å². The van der Waals surface area contributed by atoms with Crippen molar-refractivity contribution in [3.05, 3.63) is 52.9 Å². The van der Waals surface area contributed by atoms with Crippen LogP contribution in [0, 0.1) is 0 Å². The predicted molar refractivity (Wildman–Crippen MR) is 74.9 cm³/mol. The van der Waals surface area contributed by atoms with Gasteiger partial charge in [0.15, 0.2) is 0 Å². The summed E-state index contributed by atoms with van der Waals surface area (Å²) in [5, 5.41) is 7.76. The first-order valence-electron chi connectivity index (χ1n) is 6.04. The molecule has 1 unspecified atom stereocenters. The molecule has 0 spiro atoms. The number of nitrogens with one attached hydrogen (secondary N) is 1. The minimum atomic E-state index is -0.0453. The molecule has 19 heavy (non-hydrogen) atoms.